The van der Waals surface area contributed by atoms with Crippen molar-refractivity contribution < 1.29 is 33.6 Å². The van der Waals surface area contributed by atoms with Crippen LogP contribution in [0.25, 0.3) is 0 Å². The summed E-state index contributed by atoms with van der Waals surface area (Å²) in [6, 6.07) is 2.88. The molecule has 11 heteroatoms. The molecular formula is C37H46N4O7. The quantitative estimate of drug-likeness (QED) is 0.312. The van der Waals surface area contributed by atoms with Crippen LogP contribution < -0.4 is 24.3 Å². The van der Waals surface area contributed by atoms with Crippen molar-refractivity contribution in [3.63, 3.8) is 0 Å². The molecule has 1 saturated heterocycles. The number of esters is 1. The molecule has 0 aromatic heterocycles. The number of aryl methyl sites for hydroxylation is 1. The summed E-state index contributed by atoms with van der Waals surface area (Å²) in [6.07, 6.45) is 8.40. The van der Waals surface area contributed by atoms with Gasteiger partial charge < -0.3 is 29.4 Å². The number of fused-ring (bicyclic) bond motifs is 9. The van der Waals surface area contributed by atoms with Crippen LogP contribution in [0.5, 0.6) is 28.7 Å². The van der Waals surface area contributed by atoms with Gasteiger partial charge in [-0.05, 0) is 57.2 Å². The number of amides is 1. The molecule has 5 aliphatic rings. The van der Waals surface area contributed by atoms with E-state index in [4.69, 9.17) is 18.9 Å². The number of carbonyl (C=O) groups is 2. The largest absolute Gasteiger partial charge is 0.504 e. The number of nitrogens with one attached hydrogen (secondary N) is 1. The normalized spacial score (nSPS) is 26.1. The van der Waals surface area contributed by atoms with Gasteiger partial charge in [-0.15, -0.1) is 0 Å². The van der Waals surface area contributed by atoms with E-state index in [1.165, 1.54) is 39.0 Å². The highest BCUT2D eigenvalue weighted by Gasteiger charge is 2.56. The van der Waals surface area contributed by atoms with E-state index < -0.39 is 18.1 Å². The highest BCUT2D eigenvalue weighted by Crippen LogP contribution is 2.58. The van der Waals surface area contributed by atoms with Gasteiger partial charge in [0.05, 0.1) is 25.3 Å². The molecule has 5 atom stereocenters. The van der Waals surface area contributed by atoms with Crippen molar-refractivity contribution in [3.8, 4) is 34.8 Å². The zero-order valence-corrected chi connectivity index (χ0v) is 28.6. The van der Waals surface area contributed by atoms with E-state index in [2.05, 4.69) is 27.3 Å². The van der Waals surface area contributed by atoms with Gasteiger partial charge in [0.1, 0.15) is 11.8 Å². The molecule has 1 unspecified atom stereocenters. The number of phenolic OH excluding ortho intramolecular Hbond substituents is 1. The molecule has 1 saturated carbocycles. The van der Waals surface area contributed by atoms with Crippen molar-refractivity contribution in [1.82, 2.24) is 15.1 Å². The lowest BCUT2D eigenvalue weighted by Gasteiger charge is -2.60. The van der Waals surface area contributed by atoms with Gasteiger partial charge in [-0.1, -0.05) is 38.2 Å². The summed E-state index contributed by atoms with van der Waals surface area (Å²) >= 11 is 0. The minimum Gasteiger partial charge on any atom is -0.504 e. The first-order valence-electron chi connectivity index (χ1n) is 17.3. The molecule has 256 valence electrons. The zero-order chi connectivity index (χ0) is 33.9. The Morgan fingerprint density at radius 1 is 1.08 bits per heavy atom. The lowest BCUT2D eigenvalue weighted by molar-refractivity contribution is -0.132. The van der Waals surface area contributed by atoms with Crippen LogP contribution in [0, 0.1) is 31.1 Å². The predicted molar refractivity (Wildman–Crippen MR) is 176 cm³/mol. The minimum absolute atomic E-state index is 0.0172. The molecule has 1 aliphatic carbocycles. The number of ether oxygens (including phenoxy) is 4. The second-order valence-corrected chi connectivity index (χ2v) is 14.2. The molecule has 4 heterocycles. The Bertz CT molecular complexity index is 1680. The van der Waals surface area contributed by atoms with Crippen LogP contribution in [0.2, 0.25) is 0 Å². The highest BCUT2D eigenvalue weighted by molar-refractivity contribution is 5.77. The first-order valence-corrected chi connectivity index (χ1v) is 17.3. The van der Waals surface area contributed by atoms with E-state index in [1.807, 2.05) is 20.9 Å². The van der Waals surface area contributed by atoms with Crippen LogP contribution in [0.4, 0.5) is 0 Å². The number of nitrogens with zero attached hydrogens (tertiary/aromatic N) is 3. The number of phenols is 1. The third-order valence-electron chi connectivity index (χ3n) is 11.5. The van der Waals surface area contributed by atoms with Gasteiger partial charge >= 0.3 is 5.97 Å². The fourth-order valence-electron chi connectivity index (χ4n) is 9.42. The number of likely N-dealkylation sites (N-methyl/N-ethyl adjacent to an activating group) is 1. The van der Waals surface area contributed by atoms with Crippen LogP contribution in [-0.2, 0) is 22.4 Å². The van der Waals surface area contributed by atoms with Gasteiger partial charge in [-0.2, -0.15) is 5.26 Å². The fraction of sp³-hybridized carbons (Fsp3) is 0.595. The Morgan fingerprint density at radius 3 is 2.54 bits per heavy atom. The Balaban J connectivity index is 1.35. The third kappa shape index (κ3) is 5.24. The number of methoxy groups -OCH3 is 1. The van der Waals surface area contributed by atoms with Crippen molar-refractivity contribution in [1.29, 1.82) is 5.26 Å². The SMILES string of the molecule is COc1c(C)cc2c(c1O)[C@H]1C3Cc4c(OC(C)=O)c(C)c5c(c4[C@H](CNC(=O)CCC4CCCCC4)N3[C@@H](C#N)[C@H](C2)N1C)OCO5. The number of hydrogen-bond donors (Lipinski definition) is 2. The molecular weight excluding hydrogens is 612 g/mol. The third-order valence-corrected chi connectivity index (χ3v) is 11.5. The molecule has 7 rings (SSSR count). The number of aromatic hydroxyl groups is 1. The van der Waals surface area contributed by atoms with Gasteiger partial charge in [-0.3, -0.25) is 19.4 Å². The maximum atomic E-state index is 13.4. The highest BCUT2D eigenvalue weighted by atomic mass is 16.7. The average Bonchev–Trinajstić information content (AvgIpc) is 3.56. The van der Waals surface area contributed by atoms with Gasteiger partial charge in [0.25, 0.3) is 0 Å². The summed E-state index contributed by atoms with van der Waals surface area (Å²) < 4.78 is 23.7. The smallest absolute Gasteiger partial charge is 0.308 e. The van der Waals surface area contributed by atoms with E-state index in [1.54, 1.807) is 7.11 Å². The van der Waals surface area contributed by atoms with Crippen LogP contribution in [-0.4, -0.2) is 72.4 Å². The van der Waals surface area contributed by atoms with Crippen molar-refractivity contribution in [2.45, 2.75) is 109 Å². The molecule has 0 spiro atoms. The number of rotatable bonds is 7. The fourth-order valence-corrected chi connectivity index (χ4v) is 9.42. The molecule has 11 nitrogen and oxygen atoms in total. The summed E-state index contributed by atoms with van der Waals surface area (Å²) in [5.41, 5.74) is 4.87. The topological polar surface area (TPSA) is 134 Å². The molecule has 2 aromatic rings. The second-order valence-electron chi connectivity index (χ2n) is 14.2. The van der Waals surface area contributed by atoms with E-state index in [0.29, 0.717) is 53.7 Å². The minimum atomic E-state index is -0.539. The number of hydrogen-bond acceptors (Lipinski definition) is 10. The first kappa shape index (κ1) is 32.5. The standard InChI is InChI=1S/C37H46N4O7/c1-19-13-23-14-25-27(16-38)41-26(32(40(25)4)30(23)33(44)34(19)45-5)15-24-31(37-36(46-18-47-37)20(2)35(24)48-21(3)42)28(41)17-39-29(43)12-11-22-9-7-6-8-10-22/h13,22,25-28,32,44H,6-12,14-15,17-18H2,1-5H3,(H,39,43)/t25-,26?,27-,28-,32+/m0/s1. The zero-order valence-electron chi connectivity index (χ0n) is 28.6. The van der Waals surface area contributed by atoms with Gasteiger partial charge in [0.15, 0.2) is 23.0 Å². The summed E-state index contributed by atoms with van der Waals surface area (Å²) in [5, 5.41) is 25.8. The average molecular weight is 659 g/mol. The van der Waals surface area contributed by atoms with Gasteiger partial charge in [0.2, 0.25) is 12.7 Å². The molecule has 0 radical (unpaired) electrons. The van der Waals surface area contributed by atoms with E-state index >= 15 is 0 Å². The van der Waals surface area contributed by atoms with Gasteiger partial charge in [0, 0.05) is 54.2 Å². The molecule has 2 bridgehead atoms. The maximum absolute atomic E-state index is 13.4. The molecule has 2 aromatic carbocycles. The lowest BCUT2D eigenvalue weighted by Crippen LogP contribution is -2.68. The van der Waals surface area contributed by atoms with E-state index in [0.717, 1.165) is 34.2 Å². The molecule has 4 aliphatic heterocycles. The second kappa shape index (κ2) is 12.8. The van der Waals surface area contributed by atoms with Gasteiger partial charge in [-0.25, -0.2) is 0 Å². The molecule has 1 amide bonds. The van der Waals surface area contributed by atoms with Crippen LogP contribution in [0.1, 0.15) is 97.3 Å². The van der Waals surface area contributed by atoms with Crippen LogP contribution in [0.3, 0.4) is 0 Å². The van der Waals surface area contributed by atoms with Crippen molar-refractivity contribution in [2.24, 2.45) is 5.92 Å². The van der Waals surface area contributed by atoms with Crippen LogP contribution >= 0.6 is 0 Å². The number of piperazine rings is 1. The molecule has 2 N–H and O–H groups in total. The Kier molecular flexibility index (Phi) is 8.67. The van der Waals surface area contributed by atoms with Crippen molar-refractivity contribution in [3.05, 3.63) is 39.4 Å². The first-order chi connectivity index (χ1) is 23.1. The van der Waals surface area contributed by atoms with Crippen LogP contribution in [0.15, 0.2) is 6.07 Å². The summed E-state index contributed by atoms with van der Waals surface area (Å²) in [7, 11) is 3.57. The van der Waals surface area contributed by atoms with Crippen molar-refractivity contribution in [2.75, 3.05) is 27.5 Å². The molecule has 48 heavy (non-hydrogen) atoms. The van der Waals surface area contributed by atoms with Crippen molar-refractivity contribution >= 4 is 11.9 Å². The Labute approximate surface area is 282 Å². The van der Waals surface area contributed by atoms with E-state index in [9.17, 15) is 20.0 Å². The lowest BCUT2D eigenvalue weighted by atomic mass is 9.71. The number of benzene rings is 2. The molecule has 2 fully saturated rings. The maximum Gasteiger partial charge on any atom is 0.308 e. The predicted octanol–water partition coefficient (Wildman–Crippen LogP) is 4.92. The summed E-state index contributed by atoms with van der Waals surface area (Å²) in [4.78, 5) is 30.4. The Hall–Kier alpha value is -4.01. The number of carbonyl (C=O) groups excluding carboxylic acids is 2. The van der Waals surface area contributed by atoms with E-state index in [-0.39, 0.29) is 43.1 Å². The number of nitriles is 1. The summed E-state index contributed by atoms with van der Waals surface area (Å²) in [6.45, 7) is 5.41. The monoisotopic (exact) mass is 658 g/mol. The Morgan fingerprint density at radius 2 is 1.83 bits per heavy atom. The summed E-state index contributed by atoms with van der Waals surface area (Å²) in [5.74, 6) is 2.17.